The average molecular weight is 430 g/mol. The van der Waals surface area contributed by atoms with Crippen LogP contribution < -0.4 is 5.32 Å². The van der Waals surface area contributed by atoms with Crippen LogP contribution in [0.3, 0.4) is 0 Å². The van der Waals surface area contributed by atoms with E-state index < -0.39 is 10.0 Å². The highest BCUT2D eigenvalue weighted by molar-refractivity contribution is 7.89. The predicted molar refractivity (Wildman–Crippen MR) is 113 cm³/mol. The number of sulfonamides is 1. The molecule has 0 saturated carbocycles. The number of nitrogens with zero attached hydrogens (tertiary/aromatic N) is 2. The molecule has 0 radical (unpaired) electrons. The Morgan fingerprint density at radius 1 is 1.18 bits per heavy atom. The summed E-state index contributed by atoms with van der Waals surface area (Å²) in [5, 5.41) is 3.35. The first kappa shape index (κ1) is 23.1. The number of nitrogens with one attached hydrogen (secondary N) is 1. The van der Waals surface area contributed by atoms with Crippen molar-refractivity contribution < 1.29 is 13.2 Å². The van der Waals surface area contributed by atoms with Gasteiger partial charge in [-0.2, -0.15) is 4.31 Å². The fraction of sp³-hybridized carbons (Fsp3) is 0.650. The van der Waals surface area contributed by atoms with Crippen LogP contribution >= 0.6 is 12.4 Å². The summed E-state index contributed by atoms with van der Waals surface area (Å²) in [5.41, 5.74) is 0. The number of carbonyl (C=O) groups is 1. The maximum absolute atomic E-state index is 13.3. The maximum Gasteiger partial charge on any atom is 0.243 e. The van der Waals surface area contributed by atoms with Gasteiger partial charge in [0.2, 0.25) is 15.9 Å². The highest BCUT2D eigenvalue weighted by atomic mass is 35.5. The summed E-state index contributed by atoms with van der Waals surface area (Å²) in [4.78, 5) is 15.6. The van der Waals surface area contributed by atoms with Gasteiger partial charge >= 0.3 is 0 Å². The number of piperidine rings is 2. The Kier molecular flexibility index (Phi) is 8.74. The van der Waals surface area contributed by atoms with Crippen LogP contribution in [0.1, 0.15) is 39.0 Å². The Labute approximate surface area is 175 Å². The number of hydrogen-bond donors (Lipinski definition) is 1. The van der Waals surface area contributed by atoms with Crippen molar-refractivity contribution in [2.24, 2.45) is 5.92 Å². The third-order valence-electron chi connectivity index (χ3n) is 5.61. The van der Waals surface area contributed by atoms with E-state index >= 15 is 0 Å². The third-order valence-corrected chi connectivity index (χ3v) is 7.49. The second-order valence-electron chi connectivity index (χ2n) is 7.53. The van der Waals surface area contributed by atoms with E-state index in [4.69, 9.17) is 0 Å². The predicted octanol–water partition coefficient (Wildman–Crippen LogP) is 2.50. The largest absolute Gasteiger partial charge is 0.339 e. The van der Waals surface area contributed by atoms with Crippen LogP contribution in [-0.4, -0.2) is 62.3 Å². The molecule has 158 valence electrons. The zero-order chi connectivity index (χ0) is 19.3. The Morgan fingerprint density at radius 3 is 2.50 bits per heavy atom. The molecule has 1 unspecified atom stereocenters. The minimum atomic E-state index is -3.54. The first-order chi connectivity index (χ1) is 13.0. The summed E-state index contributed by atoms with van der Waals surface area (Å²) < 4.78 is 27.4. The molecular formula is C20H32ClN3O3S. The molecule has 2 aliphatic heterocycles. The van der Waals surface area contributed by atoms with E-state index in [0.717, 1.165) is 51.7 Å². The standard InChI is InChI=1S/C20H31N3O3S.ClH/c1-2-14-23(18-10-12-21-13-11-18)20(24)17-7-6-15-22(16-17)27(25,26)19-8-4-3-5-9-19;/h3-5,8-9,17-18,21H,2,6-7,10-16H2,1H3;1H. The Bertz CT molecular complexity index is 723. The van der Waals surface area contributed by atoms with Gasteiger partial charge in [0.1, 0.15) is 0 Å². The highest BCUT2D eigenvalue weighted by Crippen LogP contribution is 2.26. The molecule has 0 spiro atoms. The lowest BCUT2D eigenvalue weighted by molar-refractivity contribution is -0.139. The minimum absolute atomic E-state index is 0. The van der Waals surface area contributed by atoms with Gasteiger partial charge in [0.25, 0.3) is 0 Å². The van der Waals surface area contributed by atoms with E-state index in [-0.39, 0.29) is 30.3 Å². The van der Waals surface area contributed by atoms with Crippen molar-refractivity contribution >= 4 is 28.3 Å². The van der Waals surface area contributed by atoms with Crippen LogP contribution in [0.5, 0.6) is 0 Å². The van der Waals surface area contributed by atoms with E-state index in [1.54, 1.807) is 24.3 Å². The van der Waals surface area contributed by atoms with Crippen molar-refractivity contribution in [1.29, 1.82) is 0 Å². The molecular weight excluding hydrogens is 398 g/mol. The third kappa shape index (κ3) is 5.26. The van der Waals surface area contributed by atoms with Gasteiger partial charge in [-0.25, -0.2) is 8.42 Å². The van der Waals surface area contributed by atoms with Crippen LogP contribution in [-0.2, 0) is 14.8 Å². The van der Waals surface area contributed by atoms with Crippen molar-refractivity contribution in [3.63, 3.8) is 0 Å². The van der Waals surface area contributed by atoms with Crippen molar-refractivity contribution in [2.45, 2.75) is 50.0 Å². The van der Waals surface area contributed by atoms with E-state index in [1.807, 2.05) is 11.0 Å². The fourth-order valence-corrected chi connectivity index (χ4v) is 5.72. The lowest BCUT2D eigenvalue weighted by atomic mass is 9.95. The molecule has 2 fully saturated rings. The van der Waals surface area contributed by atoms with Gasteiger partial charge in [0, 0.05) is 25.7 Å². The minimum Gasteiger partial charge on any atom is -0.339 e. The van der Waals surface area contributed by atoms with Crippen molar-refractivity contribution in [1.82, 2.24) is 14.5 Å². The lowest BCUT2D eigenvalue weighted by Gasteiger charge is -2.39. The first-order valence-electron chi connectivity index (χ1n) is 10.1. The number of halogens is 1. The Balaban J connectivity index is 0.00000280. The van der Waals surface area contributed by atoms with Crippen molar-refractivity contribution in [2.75, 3.05) is 32.7 Å². The van der Waals surface area contributed by atoms with Crippen LogP contribution in [0, 0.1) is 5.92 Å². The molecule has 1 atom stereocenters. The van der Waals surface area contributed by atoms with Crippen LogP contribution in [0.25, 0.3) is 0 Å². The van der Waals surface area contributed by atoms with E-state index in [1.165, 1.54) is 4.31 Å². The molecule has 2 aliphatic rings. The van der Waals surface area contributed by atoms with Gasteiger partial charge in [0.15, 0.2) is 0 Å². The second-order valence-corrected chi connectivity index (χ2v) is 9.47. The van der Waals surface area contributed by atoms with Gasteiger partial charge in [0.05, 0.1) is 10.8 Å². The van der Waals surface area contributed by atoms with Gasteiger partial charge < -0.3 is 10.2 Å². The normalized spacial score (nSPS) is 21.7. The molecule has 8 heteroatoms. The van der Waals surface area contributed by atoms with E-state index in [2.05, 4.69) is 12.2 Å². The topological polar surface area (TPSA) is 69.7 Å². The van der Waals surface area contributed by atoms with Crippen LogP contribution in [0.4, 0.5) is 0 Å². The molecule has 1 aromatic rings. The quantitative estimate of drug-likeness (QED) is 0.754. The number of rotatable bonds is 6. The number of amides is 1. The molecule has 0 bridgehead atoms. The zero-order valence-corrected chi connectivity index (χ0v) is 18.2. The molecule has 0 aliphatic carbocycles. The molecule has 1 amide bonds. The summed E-state index contributed by atoms with van der Waals surface area (Å²) in [6, 6.07) is 8.81. The number of hydrogen-bond acceptors (Lipinski definition) is 4. The van der Waals surface area contributed by atoms with Crippen LogP contribution in [0.2, 0.25) is 0 Å². The van der Waals surface area contributed by atoms with Gasteiger partial charge in [-0.3, -0.25) is 4.79 Å². The fourth-order valence-electron chi connectivity index (χ4n) is 4.17. The number of benzene rings is 1. The molecule has 3 rings (SSSR count). The summed E-state index contributed by atoms with van der Waals surface area (Å²) in [6.45, 7) is 5.51. The maximum atomic E-state index is 13.3. The monoisotopic (exact) mass is 429 g/mol. The summed E-state index contributed by atoms with van der Waals surface area (Å²) in [7, 11) is -3.54. The second kappa shape index (κ2) is 10.6. The molecule has 1 aromatic carbocycles. The Hall–Kier alpha value is -1.15. The summed E-state index contributed by atoms with van der Waals surface area (Å²) >= 11 is 0. The number of carbonyl (C=O) groups excluding carboxylic acids is 1. The van der Waals surface area contributed by atoms with Gasteiger partial charge in [-0.05, 0) is 57.3 Å². The SMILES string of the molecule is CCCN(C(=O)C1CCCN(S(=O)(=O)c2ccccc2)C1)C1CCNCC1.Cl. The average Bonchev–Trinajstić information content (AvgIpc) is 2.73. The van der Waals surface area contributed by atoms with Crippen LogP contribution in [0.15, 0.2) is 35.2 Å². The zero-order valence-electron chi connectivity index (χ0n) is 16.5. The van der Waals surface area contributed by atoms with Crippen molar-refractivity contribution in [3.05, 3.63) is 30.3 Å². The highest BCUT2D eigenvalue weighted by Gasteiger charge is 2.36. The molecule has 2 heterocycles. The molecule has 28 heavy (non-hydrogen) atoms. The van der Waals surface area contributed by atoms with Crippen molar-refractivity contribution in [3.8, 4) is 0 Å². The molecule has 6 nitrogen and oxygen atoms in total. The Morgan fingerprint density at radius 2 is 1.86 bits per heavy atom. The molecule has 1 N–H and O–H groups in total. The van der Waals surface area contributed by atoms with Gasteiger partial charge in [-0.15, -0.1) is 12.4 Å². The van der Waals surface area contributed by atoms with E-state index in [9.17, 15) is 13.2 Å². The smallest absolute Gasteiger partial charge is 0.243 e. The first-order valence-corrected chi connectivity index (χ1v) is 11.5. The summed E-state index contributed by atoms with van der Waals surface area (Å²) in [6.07, 6.45) is 4.38. The van der Waals surface area contributed by atoms with E-state index in [0.29, 0.717) is 18.0 Å². The van der Waals surface area contributed by atoms with Gasteiger partial charge in [-0.1, -0.05) is 25.1 Å². The lowest BCUT2D eigenvalue weighted by Crippen LogP contribution is -2.52. The molecule has 2 saturated heterocycles. The molecule has 0 aromatic heterocycles. The summed E-state index contributed by atoms with van der Waals surface area (Å²) in [5.74, 6) is -0.101.